The molecule has 15 nitrogen and oxygen atoms in total. The van der Waals surface area contributed by atoms with Crippen molar-refractivity contribution >= 4 is 45.8 Å². The third-order valence-electron chi connectivity index (χ3n) is 7.22. The fraction of sp³-hybridized carbons (Fsp3) is 0.556. The molecule has 2 heterocycles. The Morgan fingerprint density at radius 1 is 0.977 bits per heavy atom. The maximum atomic E-state index is 12.9. The van der Waals surface area contributed by atoms with Crippen LogP contribution in [0.15, 0.2) is 24.3 Å². The van der Waals surface area contributed by atoms with Gasteiger partial charge in [-0.2, -0.15) is 8.42 Å². The lowest BCUT2D eigenvalue weighted by atomic mass is 9.97. The molecule has 43 heavy (non-hydrogen) atoms. The van der Waals surface area contributed by atoms with E-state index >= 15 is 0 Å². The Bertz CT molecular complexity index is 1310. The average Bonchev–Trinajstić information content (AvgIpc) is 3.24. The van der Waals surface area contributed by atoms with Crippen molar-refractivity contribution in [2.24, 2.45) is 0 Å². The van der Waals surface area contributed by atoms with E-state index < -0.39 is 45.9 Å². The van der Waals surface area contributed by atoms with Gasteiger partial charge in [-0.3, -0.25) is 33.4 Å². The first-order valence-electron chi connectivity index (χ1n) is 13.9. The number of Topliss-reactive ketones (excluding diaryl/α,β-unsaturated/α-hetero) is 1. The molecule has 3 rings (SSSR count). The topological polar surface area (TPSA) is 206 Å². The second kappa shape index (κ2) is 15.0. The van der Waals surface area contributed by atoms with Crippen LogP contribution in [0, 0.1) is 0 Å². The smallest absolute Gasteiger partial charge is 0.362 e. The van der Waals surface area contributed by atoms with E-state index in [4.69, 9.17) is 9.39 Å². The molecule has 3 N–H and O–H groups in total. The molecule has 0 saturated carbocycles. The highest BCUT2D eigenvalue weighted by Gasteiger charge is 2.35. The molecule has 0 aromatic heterocycles. The number of piperidine rings is 1. The van der Waals surface area contributed by atoms with Gasteiger partial charge in [-0.15, -0.1) is 5.06 Å². The van der Waals surface area contributed by atoms with Gasteiger partial charge in [0.2, 0.25) is 11.8 Å². The molecule has 2 saturated heterocycles. The summed E-state index contributed by atoms with van der Waals surface area (Å²) in [4.78, 5) is 81.5. The van der Waals surface area contributed by atoms with Crippen molar-refractivity contribution in [1.82, 2.24) is 20.6 Å². The zero-order chi connectivity index (χ0) is 31.7. The lowest BCUT2D eigenvalue weighted by molar-refractivity contribution is -0.199. The largest absolute Gasteiger partial charge is 0.446 e. The van der Waals surface area contributed by atoms with Crippen LogP contribution >= 0.6 is 0 Å². The molecule has 0 radical (unpaired) electrons. The summed E-state index contributed by atoms with van der Waals surface area (Å²) in [6.07, 6.45) is 2.11. The minimum atomic E-state index is -4.75. The van der Waals surface area contributed by atoms with Crippen molar-refractivity contribution in [2.75, 3.05) is 13.1 Å². The normalized spacial score (nSPS) is 19.9. The molecule has 2 aliphatic heterocycles. The summed E-state index contributed by atoms with van der Waals surface area (Å²) in [5.74, 6) is -4.17. The average molecular weight is 625 g/mol. The van der Waals surface area contributed by atoms with Gasteiger partial charge < -0.3 is 19.7 Å². The number of hydrogen-bond donors (Lipinski definition) is 3. The van der Waals surface area contributed by atoms with Crippen molar-refractivity contribution in [3.63, 3.8) is 0 Å². The molecule has 2 aliphatic rings. The van der Waals surface area contributed by atoms with Gasteiger partial charge in [-0.25, -0.2) is 4.79 Å². The number of carbonyl (C=O) groups excluding carboxylic acids is 6. The maximum absolute atomic E-state index is 12.9. The van der Waals surface area contributed by atoms with Crippen LogP contribution in [0.3, 0.4) is 0 Å². The fourth-order valence-corrected chi connectivity index (χ4v) is 5.24. The van der Waals surface area contributed by atoms with Crippen LogP contribution in [-0.2, 0) is 39.2 Å². The fourth-order valence-electron chi connectivity index (χ4n) is 4.89. The number of benzene rings is 1. The molecule has 2 fully saturated rings. The summed E-state index contributed by atoms with van der Waals surface area (Å²) < 4.78 is 34.7. The minimum absolute atomic E-state index is 0.0109. The Morgan fingerprint density at radius 3 is 2.16 bits per heavy atom. The Balaban J connectivity index is 1.57. The van der Waals surface area contributed by atoms with Crippen LogP contribution in [0.2, 0.25) is 0 Å². The number of hydroxylamine groups is 2. The Hall–Kier alpha value is -3.89. The van der Waals surface area contributed by atoms with Crippen LogP contribution in [0.1, 0.15) is 75.6 Å². The summed E-state index contributed by atoms with van der Waals surface area (Å²) in [6.45, 7) is 4.32. The summed E-state index contributed by atoms with van der Waals surface area (Å²) in [5, 5.41) is 5.47. The predicted molar refractivity (Wildman–Crippen MR) is 148 cm³/mol. The monoisotopic (exact) mass is 624 g/mol. The number of rotatable bonds is 14. The molecule has 4 amide bonds. The van der Waals surface area contributed by atoms with E-state index in [-0.39, 0.29) is 74.5 Å². The van der Waals surface area contributed by atoms with Gasteiger partial charge >= 0.3 is 16.4 Å². The first-order chi connectivity index (χ1) is 20.2. The molecule has 1 aromatic carbocycles. The maximum Gasteiger partial charge on any atom is 0.446 e. The first-order valence-corrected chi connectivity index (χ1v) is 15.3. The quantitative estimate of drug-likeness (QED) is 0.149. The van der Waals surface area contributed by atoms with Gasteiger partial charge in [0.05, 0.1) is 6.54 Å². The highest BCUT2D eigenvalue weighted by Crippen LogP contribution is 2.22. The Labute approximate surface area is 249 Å². The summed E-state index contributed by atoms with van der Waals surface area (Å²) in [6, 6.07) is 3.88. The predicted octanol–water partition coefficient (Wildman–Crippen LogP) is 0.692. The van der Waals surface area contributed by atoms with E-state index in [1.54, 1.807) is 0 Å². The number of imide groups is 1. The van der Waals surface area contributed by atoms with Crippen molar-refractivity contribution in [1.29, 1.82) is 0 Å². The van der Waals surface area contributed by atoms with Gasteiger partial charge in [0.25, 0.3) is 11.8 Å². The lowest BCUT2D eigenvalue weighted by Crippen LogP contribution is -2.49. The number of nitrogens with zero attached hydrogens (tertiary/aromatic N) is 2. The molecular formula is C27H36N4O11S. The molecule has 0 aliphatic carbocycles. The minimum Gasteiger partial charge on any atom is -0.362 e. The summed E-state index contributed by atoms with van der Waals surface area (Å²) >= 11 is 0. The number of likely N-dealkylation sites (tertiary alicyclic amines) is 1. The van der Waals surface area contributed by atoms with Crippen LogP contribution in [0.5, 0.6) is 5.75 Å². The molecule has 0 bridgehead atoms. The molecule has 16 heteroatoms. The first kappa shape index (κ1) is 33.6. The van der Waals surface area contributed by atoms with E-state index in [1.165, 1.54) is 12.1 Å². The highest BCUT2D eigenvalue weighted by atomic mass is 32.3. The van der Waals surface area contributed by atoms with Crippen molar-refractivity contribution in [2.45, 2.75) is 83.3 Å². The number of ketones is 1. The molecule has 236 valence electrons. The number of hydrogen-bond acceptors (Lipinski definition) is 11. The standard InChI is InChI=1S/C27H36N4O11S/c1-17-4-3-5-18(2)30(17)16-24(34)28-15-14-23(33)29-21(27(37)41-31-25(35)12-13-26(31)36)10-11-22(32)19-6-8-20(9-7-19)42-43(38,39)40/h6-9,17-18,21H,3-5,10-16H2,1-2H3,(H,28,34)(H,29,33)(H,38,39,40). The van der Waals surface area contributed by atoms with Gasteiger partial charge in [0.1, 0.15) is 11.8 Å². The van der Waals surface area contributed by atoms with E-state index in [0.717, 1.165) is 31.4 Å². The van der Waals surface area contributed by atoms with Crippen LogP contribution in [0.4, 0.5) is 0 Å². The summed E-state index contributed by atoms with van der Waals surface area (Å²) in [5.41, 5.74) is 0.117. The molecule has 3 unspecified atom stereocenters. The lowest BCUT2D eigenvalue weighted by Gasteiger charge is -2.38. The van der Waals surface area contributed by atoms with Gasteiger partial charge in [0, 0.05) is 49.9 Å². The van der Waals surface area contributed by atoms with Crippen molar-refractivity contribution < 1.29 is 50.8 Å². The van der Waals surface area contributed by atoms with E-state index in [2.05, 4.69) is 33.6 Å². The van der Waals surface area contributed by atoms with E-state index in [0.29, 0.717) is 5.06 Å². The Kier molecular flexibility index (Phi) is 11.7. The van der Waals surface area contributed by atoms with Crippen LogP contribution < -0.4 is 14.8 Å². The van der Waals surface area contributed by atoms with Gasteiger partial charge in [-0.1, -0.05) is 6.42 Å². The highest BCUT2D eigenvalue weighted by molar-refractivity contribution is 7.81. The second-order valence-corrected chi connectivity index (χ2v) is 11.5. The van der Waals surface area contributed by atoms with Crippen molar-refractivity contribution in [3.05, 3.63) is 29.8 Å². The summed E-state index contributed by atoms with van der Waals surface area (Å²) in [7, 11) is -4.75. The second-order valence-electron chi connectivity index (χ2n) is 10.5. The zero-order valence-corrected chi connectivity index (χ0v) is 24.8. The van der Waals surface area contributed by atoms with Crippen LogP contribution in [0.25, 0.3) is 0 Å². The van der Waals surface area contributed by atoms with Crippen LogP contribution in [-0.4, -0.2) is 89.5 Å². The molecule has 0 spiro atoms. The van der Waals surface area contributed by atoms with E-state index in [9.17, 15) is 37.2 Å². The Morgan fingerprint density at radius 2 is 1.58 bits per heavy atom. The van der Waals surface area contributed by atoms with Gasteiger partial charge in [0.15, 0.2) is 5.78 Å². The third kappa shape index (κ3) is 10.4. The molecule has 1 aromatic rings. The molecule has 3 atom stereocenters. The zero-order valence-electron chi connectivity index (χ0n) is 23.9. The van der Waals surface area contributed by atoms with Crippen molar-refractivity contribution in [3.8, 4) is 5.75 Å². The van der Waals surface area contributed by atoms with Gasteiger partial charge in [-0.05, 0) is 57.4 Å². The SMILES string of the molecule is CC1CCCC(C)N1CC(=O)NCCC(=O)NC(CCC(=O)c1ccc(OS(=O)(=O)O)cc1)C(=O)ON1C(=O)CCC1=O. The number of carbonyl (C=O) groups is 6. The molecular weight excluding hydrogens is 588 g/mol. The third-order valence-corrected chi connectivity index (χ3v) is 7.62. The van der Waals surface area contributed by atoms with E-state index in [1.807, 2.05) is 0 Å². The number of amides is 4. The number of nitrogens with one attached hydrogen (secondary N) is 2.